The first-order valence-electron chi connectivity index (χ1n) is 9.12. The fraction of sp³-hybridized carbons (Fsp3) is 0.526. The first-order valence-corrected chi connectivity index (χ1v) is 9.91. The van der Waals surface area contributed by atoms with Crippen molar-refractivity contribution in [2.45, 2.75) is 53.1 Å². The van der Waals surface area contributed by atoms with Gasteiger partial charge in [0.05, 0.1) is 6.54 Å². The highest BCUT2D eigenvalue weighted by molar-refractivity contribution is 7.71. The average molecular weight is 395 g/mol. The minimum absolute atomic E-state index is 0.0248. The summed E-state index contributed by atoms with van der Waals surface area (Å²) in [7, 11) is 0. The number of rotatable bonds is 9. The number of nitrogens with zero attached hydrogens (tertiary/aromatic N) is 3. The Morgan fingerprint density at radius 2 is 1.96 bits per heavy atom. The van der Waals surface area contributed by atoms with E-state index in [0.29, 0.717) is 35.2 Å². The average Bonchev–Trinajstić information content (AvgIpc) is 2.93. The van der Waals surface area contributed by atoms with Crippen molar-refractivity contribution >= 4 is 29.7 Å². The maximum absolute atomic E-state index is 12.0. The molecule has 1 amide bonds. The second-order valence-corrected chi connectivity index (χ2v) is 7.59. The molecular formula is C19H27ClN4OS. The number of benzene rings is 1. The molecule has 0 unspecified atom stereocenters. The number of carbonyl (C=O) groups excluding carboxylic acids is 1. The lowest BCUT2D eigenvalue weighted by molar-refractivity contribution is -0.121. The maximum atomic E-state index is 12.0. The van der Waals surface area contributed by atoms with Gasteiger partial charge in [-0.3, -0.25) is 9.36 Å². The van der Waals surface area contributed by atoms with Gasteiger partial charge in [-0.1, -0.05) is 38.8 Å². The molecule has 2 aromatic rings. The van der Waals surface area contributed by atoms with Gasteiger partial charge in [-0.05, 0) is 48.8 Å². The van der Waals surface area contributed by atoms with Crippen LogP contribution < -0.4 is 5.32 Å². The van der Waals surface area contributed by atoms with Crippen molar-refractivity contribution in [2.75, 3.05) is 6.54 Å². The van der Waals surface area contributed by atoms with Gasteiger partial charge in [0.2, 0.25) is 5.91 Å². The van der Waals surface area contributed by atoms with Crippen LogP contribution in [0.4, 0.5) is 0 Å². The molecule has 1 N–H and O–H groups in total. The second-order valence-electron chi connectivity index (χ2n) is 6.79. The van der Waals surface area contributed by atoms with E-state index in [-0.39, 0.29) is 5.91 Å². The Labute approximate surface area is 165 Å². The van der Waals surface area contributed by atoms with Crippen molar-refractivity contribution in [1.29, 1.82) is 0 Å². The van der Waals surface area contributed by atoms with Crippen LogP contribution in [0.15, 0.2) is 24.3 Å². The van der Waals surface area contributed by atoms with E-state index in [0.717, 1.165) is 30.8 Å². The number of hydrogen-bond acceptors (Lipinski definition) is 3. The van der Waals surface area contributed by atoms with Crippen molar-refractivity contribution < 1.29 is 4.79 Å². The van der Waals surface area contributed by atoms with E-state index >= 15 is 0 Å². The van der Waals surface area contributed by atoms with Crippen molar-refractivity contribution in [2.24, 2.45) is 5.92 Å². The zero-order valence-electron chi connectivity index (χ0n) is 15.7. The van der Waals surface area contributed by atoms with Crippen molar-refractivity contribution in [3.8, 4) is 11.4 Å². The van der Waals surface area contributed by atoms with E-state index in [1.54, 1.807) is 4.68 Å². The predicted molar refractivity (Wildman–Crippen MR) is 109 cm³/mol. The summed E-state index contributed by atoms with van der Waals surface area (Å²) in [6.07, 6.45) is 2.46. The SMILES string of the molecule is CCCCn1c(-c2ccc(Cl)cc2)nn(CCC(=O)NCC(C)C)c1=S. The van der Waals surface area contributed by atoms with E-state index < -0.39 is 0 Å². The number of hydrogen-bond donors (Lipinski definition) is 1. The topological polar surface area (TPSA) is 51.9 Å². The molecule has 0 bridgehead atoms. The van der Waals surface area contributed by atoms with Crippen LogP contribution in [0, 0.1) is 10.7 Å². The highest BCUT2D eigenvalue weighted by Crippen LogP contribution is 2.21. The third kappa shape index (κ3) is 5.68. The van der Waals surface area contributed by atoms with Crippen molar-refractivity contribution in [3.05, 3.63) is 34.1 Å². The fourth-order valence-electron chi connectivity index (χ4n) is 2.53. The Kier molecular flexibility index (Phi) is 7.85. The van der Waals surface area contributed by atoms with E-state index in [1.807, 2.05) is 28.8 Å². The normalized spacial score (nSPS) is 11.1. The first-order chi connectivity index (χ1) is 12.4. The zero-order chi connectivity index (χ0) is 19.1. The van der Waals surface area contributed by atoms with Crippen LogP contribution in [0.3, 0.4) is 0 Å². The van der Waals surface area contributed by atoms with Crippen LogP contribution in [-0.2, 0) is 17.9 Å². The first kappa shape index (κ1) is 20.6. The van der Waals surface area contributed by atoms with Crippen LogP contribution in [0.5, 0.6) is 0 Å². The summed E-state index contributed by atoms with van der Waals surface area (Å²) in [5.41, 5.74) is 0.972. The molecular weight excluding hydrogens is 368 g/mol. The molecule has 5 nitrogen and oxygen atoms in total. The molecule has 0 aliphatic carbocycles. The van der Waals surface area contributed by atoms with Gasteiger partial charge in [0.1, 0.15) is 0 Å². The molecule has 2 rings (SSSR count). The van der Waals surface area contributed by atoms with E-state index in [2.05, 4.69) is 31.2 Å². The van der Waals surface area contributed by atoms with Gasteiger partial charge in [-0.15, -0.1) is 0 Å². The van der Waals surface area contributed by atoms with Crippen LogP contribution in [0.25, 0.3) is 11.4 Å². The van der Waals surface area contributed by atoms with E-state index in [4.69, 9.17) is 23.8 Å². The Morgan fingerprint density at radius 3 is 2.58 bits per heavy atom. The number of unbranched alkanes of at least 4 members (excludes halogenated alkanes) is 1. The van der Waals surface area contributed by atoms with E-state index in [1.165, 1.54) is 0 Å². The number of halogens is 1. The molecule has 0 aliphatic rings. The Morgan fingerprint density at radius 1 is 1.27 bits per heavy atom. The molecule has 7 heteroatoms. The highest BCUT2D eigenvalue weighted by atomic mass is 35.5. The monoisotopic (exact) mass is 394 g/mol. The molecule has 0 radical (unpaired) electrons. The smallest absolute Gasteiger partial charge is 0.221 e. The summed E-state index contributed by atoms with van der Waals surface area (Å²) in [5.74, 6) is 1.28. The molecule has 0 saturated heterocycles. The van der Waals surface area contributed by atoms with Gasteiger partial charge in [0.15, 0.2) is 10.6 Å². The second kappa shape index (κ2) is 9.88. The molecule has 1 aromatic carbocycles. The third-order valence-electron chi connectivity index (χ3n) is 4.02. The molecule has 142 valence electrons. The minimum Gasteiger partial charge on any atom is -0.356 e. The molecule has 1 aromatic heterocycles. The van der Waals surface area contributed by atoms with Crippen LogP contribution in [-0.4, -0.2) is 26.8 Å². The summed E-state index contributed by atoms with van der Waals surface area (Å²) < 4.78 is 4.46. The molecule has 0 fully saturated rings. The molecule has 1 heterocycles. The predicted octanol–water partition coefficient (Wildman–Crippen LogP) is 4.70. The van der Waals surface area contributed by atoms with Crippen molar-refractivity contribution in [1.82, 2.24) is 19.7 Å². The summed E-state index contributed by atoms with van der Waals surface area (Å²) in [6.45, 7) is 8.27. The number of carbonyl (C=O) groups is 1. The Balaban J connectivity index is 2.20. The maximum Gasteiger partial charge on any atom is 0.221 e. The summed E-state index contributed by atoms with van der Waals surface area (Å²) in [5, 5.41) is 8.30. The standard InChI is InChI=1S/C19H27ClN4OS/c1-4-5-11-23-18(15-6-8-16(20)9-7-15)22-24(19(23)26)12-10-17(25)21-13-14(2)3/h6-9,14H,4-5,10-13H2,1-3H3,(H,21,25). The van der Waals surface area contributed by atoms with Gasteiger partial charge in [0.25, 0.3) is 0 Å². The van der Waals surface area contributed by atoms with Gasteiger partial charge in [0, 0.05) is 30.1 Å². The van der Waals surface area contributed by atoms with Gasteiger partial charge in [-0.25, -0.2) is 4.68 Å². The summed E-state index contributed by atoms with van der Waals surface area (Å²) >= 11 is 11.6. The number of amides is 1. The quantitative estimate of drug-likeness (QED) is 0.627. The molecule has 0 aliphatic heterocycles. The number of aromatic nitrogens is 3. The van der Waals surface area contributed by atoms with Crippen molar-refractivity contribution in [3.63, 3.8) is 0 Å². The third-order valence-corrected chi connectivity index (χ3v) is 4.70. The molecule has 0 saturated carbocycles. The molecule has 0 spiro atoms. The van der Waals surface area contributed by atoms with Crippen LogP contribution in [0.2, 0.25) is 5.02 Å². The van der Waals surface area contributed by atoms with Crippen LogP contribution >= 0.6 is 23.8 Å². The number of nitrogens with one attached hydrogen (secondary N) is 1. The zero-order valence-corrected chi connectivity index (χ0v) is 17.2. The Bertz CT molecular complexity index is 780. The van der Waals surface area contributed by atoms with E-state index in [9.17, 15) is 4.79 Å². The summed E-state index contributed by atoms with van der Waals surface area (Å²) in [4.78, 5) is 12.0. The highest BCUT2D eigenvalue weighted by Gasteiger charge is 2.13. The van der Waals surface area contributed by atoms with Crippen LogP contribution in [0.1, 0.15) is 40.0 Å². The minimum atomic E-state index is 0.0248. The lowest BCUT2D eigenvalue weighted by atomic mass is 10.2. The van der Waals surface area contributed by atoms with Gasteiger partial charge in [-0.2, -0.15) is 5.10 Å². The van der Waals surface area contributed by atoms with Gasteiger partial charge < -0.3 is 5.32 Å². The fourth-order valence-corrected chi connectivity index (χ4v) is 2.97. The Hall–Kier alpha value is -1.66. The lowest BCUT2D eigenvalue weighted by Gasteiger charge is -2.07. The summed E-state index contributed by atoms with van der Waals surface area (Å²) in [6, 6.07) is 7.59. The molecule has 0 atom stereocenters. The van der Waals surface area contributed by atoms with Gasteiger partial charge >= 0.3 is 0 Å². The largest absolute Gasteiger partial charge is 0.356 e. The number of aryl methyl sites for hydroxylation is 1. The molecule has 26 heavy (non-hydrogen) atoms. The lowest BCUT2D eigenvalue weighted by Crippen LogP contribution is -2.28.